The molecule has 21 heavy (non-hydrogen) atoms. The number of halogens is 3. The van der Waals surface area contributed by atoms with Crippen molar-refractivity contribution in [3.05, 3.63) is 28.8 Å². The maximum atomic E-state index is 13.6. The Kier molecular flexibility index (Phi) is 5.88. The van der Waals surface area contributed by atoms with Gasteiger partial charge in [0, 0.05) is 12.6 Å². The first-order valence-electron chi connectivity index (χ1n) is 7.50. The predicted molar refractivity (Wildman–Crippen MR) is 87.6 cm³/mol. The third kappa shape index (κ3) is 3.70. The van der Waals surface area contributed by atoms with Gasteiger partial charge in [-0.3, -0.25) is 0 Å². The van der Waals surface area contributed by atoms with Crippen LogP contribution in [0.25, 0.3) is 11.0 Å². The van der Waals surface area contributed by atoms with Crippen molar-refractivity contribution in [1.29, 1.82) is 0 Å². The van der Waals surface area contributed by atoms with Crippen molar-refractivity contribution in [3.8, 4) is 0 Å². The zero-order chi connectivity index (χ0) is 15.4. The van der Waals surface area contributed by atoms with Gasteiger partial charge in [0.25, 0.3) is 0 Å². The van der Waals surface area contributed by atoms with Crippen LogP contribution in [-0.4, -0.2) is 9.55 Å². The molecule has 1 aromatic carbocycles. The Morgan fingerprint density at radius 1 is 1.33 bits per heavy atom. The van der Waals surface area contributed by atoms with E-state index < -0.39 is 5.82 Å². The molecule has 0 fully saturated rings. The van der Waals surface area contributed by atoms with Gasteiger partial charge in [-0.2, -0.15) is 0 Å². The number of fused-ring (bicyclic) bond motifs is 1. The first-order chi connectivity index (χ1) is 10.1. The van der Waals surface area contributed by atoms with Crippen molar-refractivity contribution < 1.29 is 4.39 Å². The largest absolute Gasteiger partial charge is 0.327 e. The van der Waals surface area contributed by atoms with Gasteiger partial charge >= 0.3 is 0 Å². The minimum atomic E-state index is -0.437. The molecular weight excluding hydrogens is 310 g/mol. The molecule has 1 atom stereocenters. The Labute approximate surface area is 135 Å². The highest BCUT2D eigenvalue weighted by atomic mass is 35.5. The first-order valence-corrected chi connectivity index (χ1v) is 8.42. The molecular formula is C16H21Cl2FN2. The summed E-state index contributed by atoms with van der Waals surface area (Å²) in [5, 5.41) is 0.131. The van der Waals surface area contributed by atoms with Gasteiger partial charge in [0.1, 0.15) is 11.6 Å². The summed E-state index contributed by atoms with van der Waals surface area (Å²) < 4.78 is 15.7. The van der Waals surface area contributed by atoms with Crippen molar-refractivity contribution >= 4 is 34.2 Å². The lowest BCUT2D eigenvalue weighted by Crippen LogP contribution is -2.12. The zero-order valence-corrected chi connectivity index (χ0v) is 14.0. The van der Waals surface area contributed by atoms with Gasteiger partial charge in [0.2, 0.25) is 0 Å². The van der Waals surface area contributed by atoms with Crippen LogP contribution >= 0.6 is 23.2 Å². The fraction of sp³-hybridized carbons (Fsp3) is 0.562. The van der Waals surface area contributed by atoms with Gasteiger partial charge in [0.15, 0.2) is 0 Å². The van der Waals surface area contributed by atoms with E-state index in [0.29, 0.717) is 17.3 Å². The Morgan fingerprint density at radius 2 is 2.10 bits per heavy atom. The summed E-state index contributed by atoms with van der Waals surface area (Å²) in [6, 6.07) is 3.04. The summed E-state index contributed by atoms with van der Waals surface area (Å²) in [5.74, 6) is 1.24. The third-order valence-corrected chi connectivity index (χ3v) is 4.50. The van der Waals surface area contributed by atoms with E-state index in [9.17, 15) is 4.39 Å². The van der Waals surface area contributed by atoms with Crippen LogP contribution in [0, 0.1) is 11.7 Å². The lowest BCUT2D eigenvalue weighted by atomic mass is 9.99. The molecule has 0 N–H and O–H groups in total. The summed E-state index contributed by atoms with van der Waals surface area (Å²) in [4.78, 5) is 4.43. The number of hydrogen-bond donors (Lipinski definition) is 0. The van der Waals surface area contributed by atoms with E-state index in [1.807, 2.05) is 0 Å². The zero-order valence-electron chi connectivity index (χ0n) is 12.5. The van der Waals surface area contributed by atoms with Crippen molar-refractivity contribution in [2.24, 2.45) is 5.92 Å². The van der Waals surface area contributed by atoms with Gasteiger partial charge in [-0.05, 0) is 18.4 Å². The molecule has 0 spiro atoms. The van der Waals surface area contributed by atoms with E-state index in [2.05, 4.69) is 23.4 Å². The Bertz CT molecular complexity index is 610. The molecule has 2 rings (SSSR count). The second-order valence-corrected chi connectivity index (χ2v) is 6.12. The highest BCUT2D eigenvalue weighted by Gasteiger charge is 2.16. The molecule has 0 radical (unpaired) electrons. The fourth-order valence-electron chi connectivity index (χ4n) is 2.65. The van der Waals surface area contributed by atoms with Gasteiger partial charge < -0.3 is 4.57 Å². The molecule has 0 bridgehead atoms. The summed E-state index contributed by atoms with van der Waals surface area (Å²) in [6.45, 7) is 5.26. The molecule has 1 heterocycles. The number of aromatic nitrogens is 2. The minimum absolute atomic E-state index is 0.131. The number of rotatable bonds is 7. The van der Waals surface area contributed by atoms with Gasteiger partial charge in [0.05, 0.1) is 21.9 Å². The third-order valence-electron chi connectivity index (χ3n) is 3.97. The van der Waals surface area contributed by atoms with Crippen molar-refractivity contribution in [1.82, 2.24) is 9.55 Å². The summed E-state index contributed by atoms with van der Waals surface area (Å²) in [7, 11) is 0. The summed E-state index contributed by atoms with van der Waals surface area (Å²) in [6.07, 6.45) is 4.71. The van der Waals surface area contributed by atoms with E-state index in [0.717, 1.165) is 24.3 Å². The molecule has 0 amide bonds. The maximum Gasteiger partial charge on any atom is 0.144 e. The Balaban J connectivity index is 2.38. The normalized spacial score (nSPS) is 13.0. The van der Waals surface area contributed by atoms with Crippen LogP contribution in [0.4, 0.5) is 4.39 Å². The average molecular weight is 331 g/mol. The maximum absolute atomic E-state index is 13.6. The van der Waals surface area contributed by atoms with Crippen LogP contribution in [0.3, 0.4) is 0 Å². The molecule has 0 aliphatic carbocycles. The molecule has 0 saturated heterocycles. The number of nitrogens with zero attached hydrogens (tertiary/aromatic N) is 2. The van der Waals surface area contributed by atoms with E-state index in [1.54, 1.807) is 6.07 Å². The number of hydrogen-bond acceptors (Lipinski definition) is 1. The number of unbranched alkanes of at least 4 members (excludes halogenated alkanes) is 1. The summed E-state index contributed by atoms with van der Waals surface area (Å²) in [5.41, 5.74) is 1.49. The van der Waals surface area contributed by atoms with Gasteiger partial charge in [-0.15, -0.1) is 11.6 Å². The van der Waals surface area contributed by atoms with Crippen LogP contribution in [0.5, 0.6) is 0 Å². The monoisotopic (exact) mass is 330 g/mol. The Morgan fingerprint density at radius 3 is 2.71 bits per heavy atom. The van der Waals surface area contributed by atoms with E-state index in [4.69, 9.17) is 23.2 Å². The molecule has 0 aliphatic heterocycles. The molecule has 5 heteroatoms. The van der Waals surface area contributed by atoms with Crippen molar-refractivity contribution in [2.45, 2.75) is 52.0 Å². The quantitative estimate of drug-likeness (QED) is 0.588. The fourth-order valence-corrected chi connectivity index (χ4v) is 3.01. The standard InChI is InChI=1S/C16H21Cl2FN2/c1-3-5-6-11(4-2)10-21-15-7-12(18)13(19)8-14(15)20-16(21)9-17/h7-8,11H,3-6,9-10H2,1-2H3. The number of alkyl halides is 1. The van der Waals surface area contributed by atoms with Crippen LogP contribution in [0.15, 0.2) is 12.1 Å². The smallest absolute Gasteiger partial charge is 0.144 e. The van der Waals surface area contributed by atoms with Crippen LogP contribution < -0.4 is 0 Å². The lowest BCUT2D eigenvalue weighted by Gasteiger charge is -2.17. The molecule has 2 aromatic rings. The van der Waals surface area contributed by atoms with E-state index >= 15 is 0 Å². The molecule has 0 aliphatic rings. The first kappa shape index (κ1) is 16.6. The SMILES string of the molecule is CCCCC(CC)Cn1c(CCl)nc2cc(F)c(Cl)cc21. The van der Waals surface area contributed by atoms with Crippen LogP contribution in [0.2, 0.25) is 5.02 Å². The van der Waals surface area contributed by atoms with Crippen LogP contribution in [0.1, 0.15) is 45.4 Å². The number of benzene rings is 1. The highest BCUT2D eigenvalue weighted by molar-refractivity contribution is 6.31. The van der Waals surface area contributed by atoms with E-state index in [-0.39, 0.29) is 5.02 Å². The minimum Gasteiger partial charge on any atom is -0.327 e. The Hall–Kier alpha value is -0.800. The van der Waals surface area contributed by atoms with E-state index in [1.165, 1.54) is 25.3 Å². The van der Waals surface area contributed by atoms with Crippen molar-refractivity contribution in [3.63, 3.8) is 0 Å². The highest BCUT2D eigenvalue weighted by Crippen LogP contribution is 2.26. The molecule has 0 saturated carbocycles. The van der Waals surface area contributed by atoms with Crippen LogP contribution in [-0.2, 0) is 12.4 Å². The van der Waals surface area contributed by atoms with Crippen molar-refractivity contribution in [2.75, 3.05) is 0 Å². The molecule has 1 unspecified atom stereocenters. The average Bonchev–Trinajstić information content (AvgIpc) is 2.81. The second kappa shape index (κ2) is 7.46. The summed E-state index contributed by atoms with van der Waals surface area (Å²) >= 11 is 11.9. The number of imidazole rings is 1. The molecule has 116 valence electrons. The second-order valence-electron chi connectivity index (χ2n) is 5.44. The predicted octanol–water partition coefficient (Wildman–Crippen LogP) is 5.78. The topological polar surface area (TPSA) is 17.8 Å². The van der Waals surface area contributed by atoms with Gasteiger partial charge in [-0.25, -0.2) is 9.37 Å². The molecule has 1 aromatic heterocycles. The van der Waals surface area contributed by atoms with Gasteiger partial charge in [-0.1, -0.05) is 44.7 Å². The lowest BCUT2D eigenvalue weighted by molar-refractivity contribution is 0.391. The molecule has 2 nitrogen and oxygen atoms in total.